The maximum Gasteiger partial charge on any atom is 0.191 e. The zero-order valence-corrected chi connectivity index (χ0v) is 21.6. The Labute approximate surface area is 196 Å². The van der Waals surface area contributed by atoms with Crippen molar-refractivity contribution >= 4 is 8.32 Å². The lowest BCUT2D eigenvalue weighted by molar-refractivity contribution is -0.0773. The second-order valence-electron chi connectivity index (χ2n) is 10.7. The summed E-state index contributed by atoms with van der Waals surface area (Å²) in [5, 5.41) is 0.201. The fourth-order valence-corrected chi connectivity index (χ4v) is 5.46. The van der Waals surface area contributed by atoms with E-state index in [0.29, 0.717) is 6.61 Å². The van der Waals surface area contributed by atoms with Gasteiger partial charge in [0.1, 0.15) is 5.60 Å². The summed E-state index contributed by atoms with van der Waals surface area (Å²) in [5.41, 5.74) is 1.88. The first-order valence-electron chi connectivity index (χ1n) is 11.8. The van der Waals surface area contributed by atoms with Crippen molar-refractivity contribution in [3.05, 3.63) is 96.6 Å². The molecule has 0 spiro atoms. The highest BCUT2D eigenvalue weighted by Crippen LogP contribution is 2.51. The molecule has 0 unspecified atom stereocenters. The summed E-state index contributed by atoms with van der Waals surface area (Å²) in [7, 11) is -1.82. The van der Waals surface area contributed by atoms with E-state index in [1.54, 1.807) is 0 Å². The van der Waals surface area contributed by atoms with E-state index in [2.05, 4.69) is 107 Å². The largest absolute Gasteiger partial charge is 0.417 e. The van der Waals surface area contributed by atoms with E-state index < -0.39 is 13.9 Å². The highest BCUT2D eigenvalue weighted by atomic mass is 28.4. The van der Waals surface area contributed by atoms with Crippen LogP contribution in [-0.2, 0) is 22.2 Å². The maximum absolute atomic E-state index is 6.71. The van der Waals surface area contributed by atoms with Gasteiger partial charge in [0.2, 0.25) is 0 Å². The highest BCUT2D eigenvalue weighted by molar-refractivity contribution is 6.74. The Morgan fingerprint density at radius 1 is 0.969 bits per heavy atom. The molecule has 172 valence electrons. The number of rotatable bonds is 10. The van der Waals surface area contributed by atoms with Crippen LogP contribution in [0.25, 0.3) is 0 Å². The smallest absolute Gasteiger partial charge is 0.191 e. The molecule has 0 heterocycles. The Morgan fingerprint density at radius 3 is 2.12 bits per heavy atom. The summed E-state index contributed by atoms with van der Waals surface area (Å²) in [6.45, 7) is 17.1. The van der Waals surface area contributed by atoms with Crippen LogP contribution in [0.2, 0.25) is 18.1 Å². The topological polar surface area (TPSA) is 18.5 Å². The van der Waals surface area contributed by atoms with Gasteiger partial charge in [0.15, 0.2) is 8.32 Å². The van der Waals surface area contributed by atoms with E-state index in [0.717, 1.165) is 25.9 Å². The van der Waals surface area contributed by atoms with Crippen molar-refractivity contribution in [3.8, 4) is 0 Å². The van der Waals surface area contributed by atoms with Crippen molar-refractivity contribution in [1.29, 1.82) is 0 Å². The lowest BCUT2D eigenvalue weighted by Gasteiger charge is -2.45. The summed E-state index contributed by atoms with van der Waals surface area (Å²) < 4.78 is 13.4. The normalized spacial score (nSPS) is 23.4. The molecule has 0 saturated heterocycles. The third-order valence-corrected chi connectivity index (χ3v) is 12.1. The van der Waals surface area contributed by atoms with Gasteiger partial charge >= 0.3 is 0 Å². The molecule has 32 heavy (non-hydrogen) atoms. The van der Waals surface area contributed by atoms with Gasteiger partial charge < -0.3 is 9.16 Å². The first kappa shape index (κ1) is 24.7. The second-order valence-corrected chi connectivity index (χ2v) is 15.5. The SMILES string of the molecule is C=C[C@@]1(OCc2ccccc2)C=CC[C@]1(CCO[Si](C)(C)C(C)(C)C)Cc1ccccc1. The van der Waals surface area contributed by atoms with Gasteiger partial charge in [-0.3, -0.25) is 0 Å². The number of hydrogen-bond acceptors (Lipinski definition) is 2. The van der Waals surface area contributed by atoms with Crippen LogP contribution in [0, 0.1) is 5.41 Å². The summed E-state index contributed by atoms with van der Waals surface area (Å²) in [6.07, 6.45) is 9.36. The molecule has 0 bridgehead atoms. The molecule has 2 aromatic rings. The third kappa shape index (κ3) is 5.33. The molecule has 0 saturated carbocycles. The van der Waals surface area contributed by atoms with E-state index in [1.165, 1.54) is 11.1 Å². The molecule has 2 aromatic carbocycles. The number of ether oxygens (including phenoxy) is 1. The predicted molar refractivity (Wildman–Crippen MR) is 138 cm³/mol. The molecule has 2 atom stereocenters. The van der Waals surface area contributed by atoms with Gasteiger partial charge in [-0.25, -0.2) is 0 Å². The van der Waals surface area contributed by atoms with Crippen LogP contribution in [0.3, 0.4) is 0 Å². The number of hydrogen-bond donors (Lipinski definition) is 0. The molecule has 0 fully saturated rings. The van der Waals surface area contributed by atoms with E-state index >= 15 is 0 Å². The van der Waals surface area contributed by atoms with Gasteiger partial charge in [0, 0.05) is 12.0 Å². The molecule has 1 aliphatic carbocycles. The Kier molecular flexibility index (Phi) is 7.64. The predicted octanol–water partition coefficient (Wildman–Crippen LogP) is 7.73. The Hall–Kier alpha value is -1.94. The van der Waals surface area contributed by atoms with E-state index in [9.17, 15) is 0 Å². The molecule has 3 rings (SSSR count). The minimum Gasteiger partial charge on any atom is -0.417 e. The summed E-state index contributed by atoms with van der Waals surface area (Å²) in [5.74, 6) is 0. The van der Waals surface area contributed by atoms with Crippen molar-refractivity contribution in [1.82, 2.24) is 0 Å². The van der Waals surface area contributed by atoms with Gasteiger partial charge in [0.05, 0.1) is 6.61 Å². The van der Waals surface area contributed by atoms with Gasteiger partial charge in [-0.1, -0.05) is 106 Å². The van der Waals surface area contributed by atoms with Gasteiger partial charge in [-0.2, -0.15) is 0 Å². The fraction of sp³-hybridized carbons (Fsp3) is 0.448. The molecule has 0 aromatic heterocycles. The van der Waals surface area contributed by atoms with Crippen molar-refractivity contribution in [2.45, 2.75) is 70.4 Å². The van der Waals surface area contributed by atoms with E-state index in [-0.39, 0.29) is 10.5 Å². The Bertz CT molecular complexity index is 898. The van der Waals surface area contributed by atoms with E-state index in [1.807, 2.05) is 12.1 Å². The number of benzene rings is 2. The molecule has 0 radical (unpaired) electrons. The van der Waals surface area contributed by atoms with Crippen molar-refractivity contribution in [3.63, 3.8) is 0 Å². The molecule has 3 heteroatoms. The van der Waals surface area contributed by atoms with Crippen molar-refractivity contribution in [2.75, 3.05) is 6.61 Å². The standard InChI is InChI=1S/C29H40O2Si/c1-7-29(30-24-26-17-12-9-13-18-26)20-14-19-28(29,23-25-15-10-8-11-16-25)21-22-31-32(5,6)27(2,3)4/h7-18,20H,1,19,21-24H2,2-6H3/t28-,29+/m0/s1. The summed E-state index contributed by atoms with van der Waals surface area (Å²) in [4.78, 5) is 0. The van der Waals surface area contributed by atoms with Crippen LogP contribution in [0.5, 0.6) is 0 Å². The first-order chi connectivity index (χ1) is 15.1. The van der Waals surface area contributed by atoms with Crippen LogP contribution in [0.15, 0.2) is 85.5 Å². The summed E-state index contributed by atoms with van der Waals surface area (Å²) in [6, 6.07) is 21.2. The monoisotopic (exact) mass is 448 g/mol. The molecule has 0 N–H and O–H groups in total. The van der Waals surface area contributed by atoms with Crippen molar-refractivity contribution in [2.24, 2.45) is 5.41 Å². The Balaban J connectivity index is 1.87. The first-order valence-corrected chi connectivity index (χ1v) is 14.7. The molecular formula is C29H40O2Si. The molecule has 1 aliphatic rings. The minimum absolute atomic E-state index is 0.118. The quantitative estimate of drug-likeness (QED) is 0.273. The van der Waals surface area contributed by atoms with Crippen LogP contribution in [0.1, 0.15) is 44.7 Å². The zero-order chi connectivity index (χ0) is 23.3. The number of allylic oxidation sites excluding steroid dienone is 1. The van der Waals surface area contributed by atoms with Gasteiger partial charge in [-0.15, -0.1) is 0 Å². The average molecular weight is 449 g/mol. The molecule has 0 aliphatic heterocycles. The average Bonchev–Trinajstić information content (AvgIpc) is 3.11. The zero-order valence-electron chi connectivity index (χ0n) is 20.6. The van der Waals surface area contributed by atoms with E-state index in [4.69, 9.17) is 9.16 Å². The van der Waals surface area contributed by atoms with Gasteiger partial charge in [-0.05, 0) is 48.5 Å². The van der Waals surface area contributed by atoms with Crippen LogP contribution >= 0.6 is 0 Å². The molecule has 2 nitrogen and oxygen atoms in total. The third-order valence-electron chi connectivity index (χ3n) is 7.56. The fourth-order valence-electron chi connectivity index (χ4n) is 4.42. The molecular weight excluding hydrogens is 408 g/mol. The van der Waals surface area contributed by atoms with Crippen LogP contribution in [0.4, 0.5) is 0 Å². The summed E-state index contributed by atoms with van der Waals surface area (Å²) >= 11 is 0. The Morgan fingerprint density at radius 2 is 1.56 bits per heavy atom. The lowest BCUT2D eigenvalue weighted by Crippen LogP contribution is -2.48. The second kappa shape index (κ2) is 9.90. The lowest BCUT2D eigenvalue weighted by atomic mass is 9.67. The minimum atomic E-state index is -1.82. The van der Waals surface area contributed by atoms with Crippen molar-refractivity contribution < 1.29 is 9.16 Å². The maximum atomic E-state index is 6.71. The van der Waals surface area contributed by atoms with Crippen LogP contribution < -0.4 is 0 Å². The van der Waals surface area contributed by atoms with Gasteiger partial charge in [0.25, 0.3) is 0 Å². The highest BCUT2D eigenvalue weighted by Gasteiger charge is 2.51. The van der Waals surface area contributed by atoms with Crippen LogP contribution in [-0.4, -0.2) is 20.5 Å². The molecule has 0 amide bonds.